The predicted octanol–water partition coefficient (Wildman–Crippen LogP) is 4.33. The van der Waals surface area contributed by atoms with Crippen LogP contribution in [0.4, 0.5) is 5.69 Å². The van der Waals surface area contributed by atoms with Gasteiger partial charge in [0.1, 0.15) is 11.3 Å². The maximum atomic E-state index is 11.9. The molecule has 6 heteroatoms. The van der Waals surface area contributed by atoms with E-state index in [0.29, 0.717) is 16.5 Å². The summed E-state index contributed by atoms with van der Waals surface area (Å²) in [5.41, 5.74) is 1.37. The van der Waals surface area contributed by atoms with Crippen LogP contribution in [0.3, 0.4) is 0 Å². The second-order valence-corrected chi connectivity index (χ2v) is 5.11. The fourth-order valence-corrected chi connectivity index (χ4v) is 2.29. The largest absolute Gasteiger partial charge is 0.481 e. The molecule has 0 aliphatic rings. The number of hydrogen-bond acceptors (Lipinski definition) is 3. The number of anilines is 1. The lowest BCUT2D eigenvalue weighted by molar-refractivity contribution is -0.118. The van der Waals surface area contributed by atoms with E-state index in [2.05, 4.69) is 10.3 Å². The van der Waals surface area contributed by atoms with Crippen LogP contribution >= 0.6 is 24.0 Å². The second kappa shape index (κ2) is 7.81. The molecule has 0 spiro atoms. The Bertz CT molecular complexity index is 819. The van der Waals surface area contributed by atoms with Gasteiger partial charge in [-0.2, -0.15) is 0 Å². The number of nitrogens with zero attached hydrogens (tertiary/aromatic N) is 1. The molecule has 1 aromatic heterocycles. The van der Waals surface area contributed by atoms with Crippen LogP contribution in [0.5, 0.6) is 5.75 Å². The van der Waals surface area contributed by atoms with Gasteiger partial charge < -0.3 is 10.1 Å². The molecule has 1 N–H and O–H groups in total. The summed E-state index contributed by atoms with van der Waals surface area (Å²) < 4.78 is 5.58. The van der Waals surface area contributed by atoms with Crippen molar-refractivity contribution in [1.29, 1.82) is 0 Å². The van der Waals surface area contributed by atoms with Crippen molar-refractivity contribution in [2.45, 2.75) is 0 Å². The summed E-state index contributed by atoms with van der Waals surface area (Å²) in [6.45, 7) is -0.0950. The van der Waals surface area contributed by atoms with Crippen LogP contribution in [0, 0.1) is 0 Å². The van der Waals surface area contributed by atoms with Crippen LogP contribution in [-0.2, 0) is 4.79 Å². The third kappa shape index (κ3) is 4.34. The lowest BCUT2D eigenvalue weighted by atomic mass is 10.2. The molecule has 0 saturated heterocycles. The van der Waals surface area contributed by atoms with E-state index in [0.717, 1.165) is 10.9 Å². The van der Waals surface area contributed by atoms with Crippen LogP contribution < -0.4 is 10.1 Å². The molecule has 0 fully saturated rings. The van der Waals surface area contributed by atoms with Crippen molar-refractivity contribution in [3.05, 3.63) is 65.8 Å². The average molecular weight is 349 g/mol. The number of para-hydroxylation sites is 1. The Kier molecular flexibility index (Phi) is 5.79. The van der Waals surface area contributed by atoms with E-state index in [4.69, 9.17) is 16.3 Å². The van der Waals surface area contributed by atoms with E-state index in [1.807, 2.05) is 24.3 Å². The molecule has 3 rings (SSSR count). The van der Waals surface area contributed by atoms with Gasteiger partial charge in [-0.25, -0.2) is 0 Å². The number of benzene rings is 2. The maximum absolute atomic E-state index is 11.9. The van der Waals surface area contributed by atoms with Gasteiger partial charge in [0, 0.05) is 22.3 Å². The average Bonchev–Trinajstić information content (AvgIpc) is 2.53. The van der Waals surface area contributed by atoms with E-state index < -0.39 is 0 Å². The number of nitrogens with one attached hydrogen (secondary N) is 1. The predicted molar refractivity (Wildman–Crippen MR) is 94.6 cm³/mol. The maximum Gasteiger partial charge on any atom is 0.262 e. The van der Waals surface area contributed by atoms with E-state index >= 15 is 0 Å². The topological polar surface area (TPSA) is 51.2 Å². The van der Waals surface area contributed by atoms with Crippen molar-refractivity contribution >= 4 is 46.5 Å². The minimum atomic E-state index is -0.254. The number of aromatic nitrogens is 1. The minimum Gasteiger partial charge on any atom is -0.481 e. The highest BCUT2D eigenvalue weighted by molar-refractivity contribution is 6.30. The van der Waals surface area contributed by atoms with Crippen LogP contribution in [0.1, 0.15) is 0 Å². The number of ether oxygens (including phenoxy) is 1. The van der Waals surface area contributed by atoms with Crippen molar-refractivity contribution in [3.8, 4) is 5.75 Å². The lowest BCUT2D eigenvalue weighted by Crippen LogP contribution is -2.20. The Morgan fingerprint density at radius 1 is 1.13 bits per heavy atom. The Balaban J connectivity index is 0.00000192. The van der Waals surface area contributed by atoms with Crippen molar-refractivity contribution in [2.75, 3.05) is 11.9 Å². The van der Waals surface area contributed by atoms with Gasteiger partial charge in [0.15, 0.2) is 6.61 Å². The van der Waals surface area contributed by atoms with Gasteiger partial charge in [0.25, 0.3) is 5.91 Å². The second-order valence-electron chi connectivity index (χ2n) is 4.68. The fraction of sp³-hybridized carbons (Fsp3) is 0.0588. The molecule has 0 bridgehead atoms. The van der Waals surface area contributed by atoms with Gasteiger partial charge in [0.05, 0.1) is 0 Å². The highest BCUT2D eigenvalue weighted by Crippen LogP contribution is 2.23. The monoisotopic (exact) mass is 348 g/mol. The molecule has 1 amide bonds. The number of amides is 1. The molecule has 118 valence electrons. The minimum absolute atomic E-state index is 0. The van der Waals surface area contributed by atoms with Crippen LogP contribution in [-0.4, -0.2) is 17.5 Å². The van der Waals surface area contributed by atoms with Gasteiger partial charge in [-0.15, -0.1) is 12.4 Å². The zero-order chi connectivity index (χ0) is 15.4. The van der Waals surface area contributed by atoms with E-state index in [9.17, 15) is 4.79 Å². The first-order valence-electron chi connectivity index (χ1n) is 6.74. The highest BCUT2D eigenvalue weighted by atomic mass is 35.5. The summed E-state index contributed by atoms with van der Waals surface area (Å²) >= 11 is 5.88. The number of halogens is 2. The first-order valence-corrected chi connectivity index (χ1v) is 7.12. The van der Waals surface area contributed by atoms with Crippen molar-refractivity contribution < 1.29 is 9.53 Å². The summed E-state index contributed by atoms with van der Waals surface area (Å²) in [6, 6.07) is 16.4. The standard InChI is InChI=1S/C17H13ClN2O2.ClH/c18-13-6-2-7-14(10-13)20-16(21)11-22-15-8-1-4-12-5-3-9-19-17(12)15;/h1-10H,11H2,(H,20,21);1H. The third-order valence-corrected chi connectivity index (χ3v) is 3.30. The number of hydrogen-bond donors (Lipinski definition) is 1. The molecular weight excluding hydrogens is 335 g/mol. The van der Waals surface area contributed by atoms with Crippen molar-refractivity contribution in [2.24, 2.45) is 0 Å². The third-order valence-electron chi connectivity index (χ3n) is 3.06. The highest BCUT2D eigenvalue weighted by Gasteiger charge is 2.07. The normalized spacial score (nSPS) is 9.96. The lowest BCUT2D eigenvalue weighted by Gasteiger charge is -2.09. The van der Waals surface area contributed by atoms with Crippen LogP contribution in [0.25, 0.3) is 10.9 Å². The SMILES string of the molecule is Cl.O=C(COc1cccc2cccnc12)Nc1cccc(Cl)c1. The molecule has 0 aliphatic carbocycles. The Labute approximate surface area is 144 Å². The summed E-state index contributed by atoms with van der Waals surface area (Å²) in [5, 5.41) is 4.27. The van der Waals surface area contributed by atoms with E-state index in [1.165, 1.54) is 0 Å². The zero-order valence-electron chi connectivity index (χ0n) is 12.0. The fourth-order valence-electron chi connectivity index (χ4n) is 2.10. The number of rotatable bonds is 4. The molecule has 0 aliphatic heterocycles. The Morgan fingerprint density at radius 2 is 1.91 bits per heavy atom. The molecule has 0 saturated carbocycles. The quantitative estimate of drug-likeness (QED) is 0.763. The van der Waals surface area contributed by atoms with Crippen molar-refractivity contribution in [3.63, 3.8) is 0 Å². The molecule has 0 atom stereocenters. The smallest absolute Gasteiger partial charge is 0.262 e. The van der Waals surface area contributed by atoms with Gasteiger partial charge in [-0.3, -0.25) is 9.78 Å². The number of pyridine rings is 1. The molecule has 4 nitrogen and oxygen atoms in total. The number of carbonyl (C=O) groups is 1. The molecule has 0 radical (unpaired) electrons. The van der Waals surface area contributed by atoms with Gasteiger partial charge >= 0.3 is 0 Å². The van der Waals surface area contributed by atoms with E-state index in [-0.39, 0.29) is 24.9 Å². The Hall–Kier alpha value is -2.30. The molecule has 1 heterocycles. The van der Waals surface area contributed by atoms with Crippen molar-refractivity contribution in [1.82, 2.24) is 4.98 Å². The van der Waals surface area contributed by atoms with E-state index in [1.54, 1.807) is 36.5 Å². The molecule has 3 aromatic rings. The van der Waals surface area contributed by atoms with Crippen LogP contribution in [0.15, 0.2) is 60.8 Å². The Morgan fingerprint density at radius 3 is 2.74 bits per heavy atom. The summed E-state index contributed by atoms with van der Waals surface area (Å²) in [5.74, 6) is 0.328. The van der Waals surface area contributed by atoms with Gasteiger partial charge in [0.2, 0.25) is 0 Å². The summed E-state index contributed by atoms with van der Waals surface area (Å²) in [6.07, 6.45) is 1.70. The zero-order valence-corrected chi connectivity index (χ0v) is 13.6. The molecule has 23 heavy (non-hydrogen) atoms. The van der Waals surface area contributed by atoms with Crippen LogP contribution in [0.2, 0.25) is 5.02 Å². The van der Waals surface area contributed by atoms with Gasteiger partial charge in [-0.1, -0.05) is 35.9 Å². The van der Waals surface area contributed by atoms with Gasteiger partial charge in [-0.05, 0) is 30.3 Å². The molecular formula is C17H14Cl2N2O2. The number of fused-ring (bicyclic) bond motifs is 1. The summed E-state index contributed by atoms with van der Waals surface area (Å²) in [7, 11) is 0. The first-order chi connectivity index (χ1) is 10.7. The number of carbonyl (C=O) groups excluding carboxylic acids is 1. The molecule has 2 aromatic carbocycles. The summed E-state index contributed by atoms with van der Waals surface area (Å²) in [4.78, 5) is 16.2. The first kappa shape index (κ1) is 17.1. The molecule has 0 unspecified atom stereocenters.